The first-order valence-electron chi connectivity index (χ1n) is 6.44. The van der Waals surface area contributed by atoms with Crippen LogP contribution >= 0.6 is 15.9 Å². The van der Waals surface area contributed by atoms with Gasteiger partial charge in [-0.25, -0.2) is 8.78 Å². The second-order valence-corrected chi connectivity index (χ2v) is 5.71. The largest absolute Gasteiger partial charge is 0.303 e. The zero-order valence-corrected chi connectivity index (χ0v) is 12.9. The van der Waals surface area contributed by atoms with Crippen molar-refractivity contribution in [1.82, 2.24) is 5.32 Å². The minimum Gasteiger partial charge on any atom is -0.303 e. The molecule has 2 unspecified atom stereocenters. The van der Waals surface area contributed by atoms with E-state index in [0.717, 1.165) is 0 Å². The van der Waals surface area contributed by atoms with Crippen LogP contribution in [0.5, 0.6) is 0 Å². The quantitative estimate of drug-likeness (QED) is 0.813. The molecule has 106 valence electrons. The van der Waals surface area contributed by atoms with Gasteiger partial charge in [-0.2, -0.15) is 0 Å². The van der Waals surface area contributed by atoms with E-state index >= 15 is 0 Å². The molecule has 4 heteroatoms. The van der Waals surface area contributed by atoms with Gasteiger partial charge in [-0.1, -0.05) is 40.2 Å². The minimum absolute atomic E-state index is 0.200. The Bertz CT molecular complexity index is 601. The summed E-state index contributed by atoms with van der Waals surface area (Å²) in [6.45, 7) is 3.73. The summed E-state index contributed by atoms with van der Waals surface area (Å²) in [5, 5.41) is 3.22. The van der Waals surface area contributed by atoms with E-state index in [0.29, 0.717) is 15.6 Å². The predicted molar refractivity (Wildman–Crippen MR) is 80.5 cm³/mol. The molecule has 0 aliphatic rings. The number of nitrogens with one attached hydrogen (secondary N) is 1. The minimum atomic E-state index is -0.278. The highest BCUT2D eigenvalue weighted by molar-refractivity contribution is 9.10. The van der Waals surface area contributed by atoms with Gasteiger partial charge >= 0.3 is 0 Å². The van der Waals surface area contributed by atoms with Crippen LogP contribution in [0.15, 0.2) is 46.9 Å². The number of hydrogen-bond acceptors (Lipinski definition) is 1. The molecule has 0 aliphatic carbocycles. The van der Waals surface area contributed by atoms with Crippen molar-refractivity contribution in [1.29, 1.82) is 0 Å². The smallest absolute Gasteiger partial charge is 0.129 e. The maximum absolute atomic E-state index is 13.9. The van der Waals surface area contributed by atoms with Gasteiger partial charge in [0.1, 0.15) is 11.6 Å². The predicted octanol–water partition coefficient (Wildman–Crippen LogP) is 5.14. The topological polar surface area (TPSA) is 12.0 Å². The van der Waals surface area contributed by atoms with Crippen LogP contribution in [0.2, 0.25) is 0 Å². The summed E-state index contributed by atoms with van der Waals surface area (Å²) in [6, 6.07) is 11.2. The Morgan fingerprint density at radius 2 is 1.50 bits per heavy atom. The Labute approximate surface area is 126 Å². The van der Waals surface area contributed by atoms with Crippen molar-refractivity contribution in [2.75, 3.05) is 0 Å². The summed E-state index contributed by atoms with van der Waals surface area (Å²) < 4.78 is 28.3. The average Bonchev–Trinajstić information content (AvgIpc) is 2.38. The fourth-order valence-corrected chi connectivity index (χ4v) is 2.57. The van der Waals surface area contributed by atoms with Crippen LogP contribution in [0.4, 0.5) is 8.78 Å². The van der Waals surface area contributed by atoms with Crippen molar-refractivity contribution in [3.63, 3.8) is 0 Å². The molecule has 0 saturated heterocycles. The Hall–Kier alpha value is -1.26. The van der Waals surface area contributed by atoms with Crippen molar-refractivity contribution in [3.05, 3.63) is 69.7 Å². The molecule has 2 aromatic carbocycles. The zero-order chi connectivity index (χ0) is 14.7. The molecule has 0 heterocycles. The highest BCUT2D eigenvalue weighted by atomic mass is 79.9. The fraction of sp³-hybridized carbons (Fsp3) is 0.250. The highest BCUT2D eigenvalue weighted by Crippen LogP contribution is 2.24. The van der Waals surface area contributed by atoms with Gasteiger partial charge in [0.25, 0.3) is 0 Å². The van der Waals surface area contributed by atoms with Crippen LogP contribution in [0, 0.1) is 11.6 Å². The van der Waals surface area contributed by atoms with Crippen molar-refractivity contribution in [2.45, 2.75) is 25.9 Å². The van der Waals surface area contributed by atoms with Crippen LogP contribution in [0.25, 0.3) is 0 Å². The molecule has 1 nitrogen and oxygen atoms in total. The van der Waals surface area contributed by atoms with Gasteiger partial charge in [-0.3, -0.25) is 0 Å². The van der Waals surface area contributed by atoms with E-state index in [9.17, 15) is 8.78 Å². The maximum atomic E-state index is 13.9. The summed E-state index contributed by atoms with van der Waals surface area (Å²) in [5.41, 5.74) is 1.15. The van der Waals surface area contributed by atoms with Crippen LogP contribution in [0.1, 0.15) is 37.1 Å². The summed E-state index contributed by atoms with van der Waals surface area (Å²) >= 11 is 3.23. The lowest BCUT2D eigenvalue weighted by Crippen LogP contribution is -2.24. The van der Waals surface area contributed by atoms with E-state index in [4.69, 9.17) is 0 Å². The molecule has 2 rings (SSSR count). The molecule has 0 aliphatic heterocycles. The van der Waals surface area contributed by atoms with E-state index in [1.165, 1.54) is 12.1 Å². The van der Waals surface area contributed by atoms with E-state index in [1.54, 1.807) is 30.3 Å². The van der Waals surface area contributed by atoms with E-state index in [1.807, 2.05) is 13.8 Å². The van der Waals surface area contributed by atoms with Crippen LogP contribution in [-0.4, -0.2) is 0 Å². The maximum Gasteiger partial charge on any atom is 0.129 e. The van der Waals surface area contributed by atoms with Crippen LogP contribution in [0.3, 0.4) is 0 Å². The molecule has 0 radical (unpaired) electrons. The van der Waals surface area contributed by atoms with E-state index in [-0.39, 0.29) is 23.7 Å². The Balaban J connectivity index is 2.15. The summed E-state index contributed by atoms with van der Waals surface area (Å²) in [7, 11) is 0. The fourth-order valence-electron chi connectivity index (χ4n) is 2.23. The van der Waals surface area contributed by atoms with Gasteiger partial charge in [0, 0.05) is 27.7 Å². The number of hydrogen-bond donors (Lipinski definition) is 1. The third kappa shape index (κ3) is 3.44. The molecule has 0 saturated carbocycles. The Morgan fingerprint density at radius 1 is 0.900 bits per heavy atom. The zero-order valence-electron chi connectivity index (χ0n) is 11.3. The number of halogens is 3. The Morgan fingerprint density at radius 3 is 2.10 bits per heavy atom. The third-order valence-corrected chi connectivity index (χ3v) is 3.79. The first kappa shape index (κ1) is 15.1. The van der Waals surface area contributed by atoms with Crippen molar-refractivity contribution in [2.24, 2.45) is 0 Å². The van der Waals surface area contributed by atoms with Crippen molar-refractivity contribution < 1.29 is 8.78 Å². The monoisotopic (exact) mass is 339 g/mol. The molecule has 2 atom stereocenters. The first-order chi connectivity index (χ1) is 9.49. The number of rotatable bonds is 4. The lowest BCUT2D eigenvalue weighted by Gasteiger charge is -2.21. The van der Waals surface area contributed by atoms with Gasteiger partial charge in [0.05, 0.1) is 0 Å². The summed E-state index contributed by atoms with van der Waals surface area (Å²) in [6.07, 6.45) is 0. The first-order valence-corrected chi connectivity index (χ1v) is 7.23. The molecule has 0 amide bonds. The SMILES string of the molecule is CC(NC(C)c1ccc(Br)cc1F)c1ccccc1F. The molecule has 0 aromatic heterocycles. The second-order valence-electron chi connectivity index (χ2n) is 4.80. The molecule has 0 bridgehead atoms. The molecule has 0 fully saturated rings. The van der Waals surface area contributed by atoms with Gasteiger partial charge in [0.2, 0.25) is 0 Å². The molecule has 1 N–H and O–H groups in total. The van der Waals surface area contributed by atoms with Gasteiger partial charge in [-0.15, -0.1) is 0 Å². The van der Waals surface area contributed by atoms with Gasteiger partial charge in [0.15, 0.2) is 0 Å². The standard InChI is InChI=1S/C16H16BrF2N/c1-10(13-5-3-4-6-15(13)18)20-11(2)14-8-7-12(17)9-16(14)19/h3-11,20H,1-2H3. The Kier molecular flexibility index (Phi) is 4.89. The number of benzene rings is 2. The molecule has 2 aromatic rings. The van der Waals surface area contributed by atoms with Crippen LogP contribution in [-0.2, 0) is 0 Å². The lowest BCUT2D eigenvalue weighted by atomic mass is 10.0. The molecular weight excluding hydrogens is 324 g/mol. The average molecular weight is 340 g/mol. The normalized spacial score (nSPS) is 14.1. The molecular formula is C16H16BrF2N. The highest BCUT2D eigenvalue weighted by Gasteiger charge is 2.16. The summed E-state index contributed by atoms with van der Waals surface area (Å²) in [4.78, 5) is 0. The molecule has 20 heavy (non-hydrogen) atoms. The molecule has 0 spiro atoms. The van der Waals surface area contributed by atoms with Crippen LogP contribution < -0.4 is 5.32 Å². The van der Waals surface area contributed by atoms with Gasteiger partial charge < -0.3 is 5.32 Å². The van der Waals surface area contributed by atoms with E-state index < -0.39 is 0 Å². The third-order valence-electron chi connectivity index (χ3n) is 3.30. The van der Waals surface area contributed by atoms with Crippen molar-refractivity contribution in [3.8, 4) is 0 Å². The lowest BCUT2D eigenvalue weighted by molar-refractivity contribution is 0.459. The second kappa shape index (κ2) is 6.46. The van der Waals surface area contributed by atoms with Crippen molar-refractivity contribution >= 4 is 15.9 Å². The van der Waals surface area contributed by atoms with Gasteiger partial charge in [-0.05, 0) is 32.0 Å². The van der Waals surface area contributed by atoms with E-state index in [2.05, 4.69) is 21.2 Å². The summed E-state index contributed by atoms with van der Waals surface area (Å²) in [5.74, 6) is -0.531.